The van der Waals surface area contributed by atoms with Crippen LogP contribution in [-0.4, -0.2) is 45.3 Å². The maximum absolute atomic E-state index is 12.5. The van der Waals surface area contributed by atoms with Gasteiger partial charge >= 0.3 is 0 Å². The van der Waals surface area contributed by atoms with Gasteiger partial charge in [0.15, 0.2) is 0 Å². The van der Waals surface area contributed by atoms with Crippen LogP contribution in [0.25, 0.3) is 0 Å². The van der Waals surface area contributed by atoms with Crippen LogP contribution in [0.1, 0.15) is 42.5 Å². The molecule has 0 N–H and O–H groups in total. The quantitative estimate of drug-likeness (QED) is 0.838. The first-order chi connectivity index (χ1) is 12.0. The summed E-state index contributed by atoms with van der Waals surface area (Å²) in [5.74, 6) is 2.65. The summed E-state index contributed by atoms with van der Waals surface area (Å²) in [6.07, 6.45) is 2.43. The number of likely N-dealkylation sites (tertiary alicyclic amines) is 1. The molecule has 3 rings (SSSR count). The maximum Gasteiger partial charge on any atom is 0.226 e. The Morgan fingerprint density at radius 3 is 2.68 bits per heavy atom. The van der Waals surface area contributed by atoms with E-state index in [-0.39, 0.29) is 11.9 Å². The van der Waals surface area contributed by atoms with Crippen molar-refractivity contribution in [2.45, 2.75) is 46.1 Å². The average molecular weight is 342 g/mol. The van der Waals surface area contributed by atoms with Crippen molar-refractivity contribution in [2.24, 2.45) is 0 Å². The molecular weight excluding hydrogens is 316 g/mol. The van der Waals surface area contributed by atoms with E-state index in [1.807, 2.05) is 54.6 Å². The minimum absolute atomic E-state index is 0.145. The second kappa shape index (κ2) is 7.68. The van der Waals surface area contributed by atoms with Gasteiger partial charge in [0.25, 0.3) is 0 Å². The monoisotopic (exact) mass is 342 g/mol. The highest BCUT2D eigenvalue weighted by Crippen LogP contribution is 2.22. The molecule has 0 radical (unpaired) electrons. The summed E-state index contributed by atoms with van der Waals surface area (Å²) >= 11 is 0. The third-order valence-corrected chi connectivity index (χ3v) is 4.61. The minimum atomic E-state index is 0.145. The molecule has 6 heteroatoms. The number of ether oxygens (including phenoxy) is 1. The van der Waals surface area contributed by atoms with E-state index in [4.69, 9.17) is 4.74 Å². The van der Waals surface area contributed by atoms with Gasteiger partial charge in [-0.1, -0.05) is 17.7 Å². The molecule has 0 bridgehead atoms. The fourth-order valence-electron chi connectivity index (χ4n) is 3.31. The molecule has 0 saturated carbocycles. The molecule has 0 spiro atoms. The summed E-state index contributed by atoms with van der Waals surface area (Å²) in [6.45, 7) is 7.83. The molecule has 1 saturated heterocycles. The second-order valence-corrected chi connectivity index (χ2v) is 6.70. The van der Waals surface area contributed by atoms with Crippen LogP contribution >= 0.6 is 0 Å². The smallest absolute Gasteiger partial charge is 0.226 e. The van der Waals surface area contributed by atoms with E-state index < -0.39 is 0 Å². The van der Waals surface area contributed by atoms with Crippen molar-refractivity contribution in [3.05, 3.63) is 41.5 Å². The van der Waals surface area contributed by atoms with E-state index in [2.05, 4.69) is 10.1 Å². The molecule has 1 aromatic heterocycles. The molecule has 1 amide bonds. The number of carbonyl (C=O) groups is 1. The van der Waals surface area contributed by atoms with Gasteiger partial charge in [-0.2, -0.15) is 5.10 Å². The van der Waals surface area contributed by atoms with Crippen LogP contribution in [0.5, 0.6) is 5.75 Å². The van der Waals surface area contributed by atoms with E-state index >= 15 is 0 Å². The lowest BCUT2D eigenvalue weighted by Crippen LogP contribution is -2.41. The molecular formula is C19H26N4O2. The molecule has 25 heavy (non-hydrogen) atoms. The Labute approximate surface area is 148 Å². The predicted octanol–water partition coefficient (Wildman–Crippen LogP) is 2.84. The summed E-state index contributed by atoms with van der Waals surface area (Å²) in [4.78, 5) is 18.8. The second-order valence-electron chi connectivity index (χ2n) is 6.70. The van der Waals surface area contributed by atoms with Crippen molar-refractivity contribution in [1.82, 2.24) is 19.7 Å². The molecule has 1 aliphatic rings. The topological polar surface area (TPSA) is 60.2 Å². The Morgan fingerprint density at radius 2 is 2.00 bits per heavy atom. The number of hydrogen-bond acceptors (Lipinski definition) is 4. The van der Waals surface area contributed by atoms with Gasteiger partial charge in [-0.25, -0.2) is 9.67 Å². The van der Waals surface area contributed by atoms with Crippen molar-refractivity contribution in [1.29, 1.82) is 0 Å². The predicted molar refractivity (Wildman–Crippen MR) is 95.6 cm³/mol. The number of benzene rings is 1. The van der Waals surface area contributed by atoms with Crippen LogP contribution in [-0.2, 0) is 4.79 Å². The van der Waals surface area contributed by atoms with Crippen molar-refractivity contribution in [2.75, 3.05) is 19.7 Å². The van der Waals surface area contributed by atoms with Gasteiger partial charge in [-0.15, -0.1) is 0 Å². The highest BCUT2D eigenvalue weighted by Gasteiger charge is 2.26. The van der Waals surface area contributed by atoms with Crippen LogP contribution in [0.4, 0.5) is 0 Å². The van der Waals surface area contributed by atoms with Crippen LogP contribution in [0.3, 0.4) is 0 Å². The molecule has 1 atom stereocenters. The van der Waals surface area contributed by atoms with Crippen LogP contribution in [0.2, 0.25) is 0 Å². The summed E-state index contributed by atoms with van der Waals surface area (Å²) in [7, 11) is 0. The zero-order valence-electron chi connectivity index (χ0n) is 15.2. The normalized spacial score (nSPS) is 17.6. The molecule has 2 aromatic rings. The van der Waals surface area contributed by atoms with E-state index in [0.717, 1.165) is 36.8 Å². The standard InChI is InChI=1S/C19H26N4O2/c1-14-6-8-18(9-7-14)25-12-10-19(24)22-11-4-5-17(13-22)23-16(3)20-15(2)21-23/h6-9,17H,4-5,10-13H2,1-3H3/t17-/m1/s1. The highest BCUT2D eigenvalue weighted by atomic mass is 16.5. The molecule has 2 heterocycles. The molecule has 1 fully saturated rings. The van der Waals surface area contributed by atoms with E-state index in [0.29, 0.717) is 19.6 Å². The van der Waals surface area contributed by atoms with E-state index in [9.17, 15) is 4.79 Å². The fourth-order valence-corrected chi connectivity index (χ4v) is 3.31. The van der Waals surface area contributed by atoms with Crippen LogP contribution < -0.4 is 4.74 Å². The Hall–Kier alpha value is -2.37. The zero-order chi connectivity index (χ0) is 17.8. The van der Waals surface area contributed by atoms with Gasteiger partial charge in [0.2, 0.25) is 5.91 Å². The molecule has 0 unspecified atom stereocenters. The van der Waals surface area contributed by atoms with Gasteiger partial charge in [-0.05, 0) is 45.7 Å². The fraction of sp³-hybridized carbons (Fsp3) is 0.526. The third-order valence-electron chi connectivity index (χ3n) is 4.61. The largest absolute Gasteiger partial charge is 0.493 e. The number of aromatic nitrogens is 3. The van der Waals surface area contributed by atoms with Crippen molar-refractivity contribution in [3.8, 4) is 5.75 Å². The van der Waals surface area contributed by atoms with Crippen LogP contribution in [0, 0.1) is 20.8 Å². The molecule has 1 aliphatic heterocycles. The summed E-state index contributed by atoms with van der Waals surface area (Å²) in [6, 6.07) is 8.11. The first-order valence-electron chi connectivity index (χ1n) is 8.90. The lowest BCUT2D eigenvalue weighted by molar-refractivity contribution is -0.133. The number of carbonyl (C=O) groups excluding carboxylic acids is 1. The number of rotatable bonds is 5. The van der Waals surface area contributed by atoms with Crippen molar-refractivity contribution in [3.63, 3.8) is 0 Å². The summed E-state index contributed by atoms with van der Waals surface area (Å²) in [5, 5.41) is 4.48. The third kappa shape index (κ3) is 4.38. The number of piperidine rings is 1. The lowest BCUT2D eigenvalue weighted by Gasteiger charge is -2.33. The average Bonchev–Trinajstić information content (AvgIpc) is 2.95. The number of amides is 1. The Kier molecular flexibility index (Phi) is 5.36. The number of hydrogen-bond donors (Lipinski definition) is 0. The van der Waals surface area contributed by atoms with Gasteiger partial charge < -0.3 is 9.64 Å². The lowest BCUT2D eigenvalue weighted by atomic mass is 10.1. The van der Waals surface area contributed by atoms with Gasteiger partial charge in [0.05, 0.1) is 19.1 Å². The molecule has 1 aromatic carbocycles. The zero-order valence-corrected chi connectivity index (χ0v) is 15.2. The SMILES string of the molecule is Cc1ccc(OCCC(=O)N2CCC[C@@H](n3nc(C)nc3C)C2)cc1. The Balaban J connectivity index is 1.51. The van der Waals surface area contributed by atoms with Crippen molar-refractivity contribution >= 4 is 5.91 Å². The first kappa shape index (κ1) is 17.5. The molecule has 134 valence electrons. The minimum Gasteiger partial charge on any atom is -0.493 e. The van der Waals surface area contributed by atoms with E-state index in [1.54, 1.807) is 0 Å². The Bertz CT molecular complexity index is 724. The number of nitrogens with zero attached hydrogens (tertiary/aromatic N) is 4. The van der Waals surface area contributed by atoms with Crippen molar-refractivity contribution < 1.29 is 9.53 Å². The maximum atomic E-state index is 12.5. The number of aryl methyl sites for hydroxylation is 3. The molecule has 0 aliphatic carbocycles. The first-order valence-corrected chi connectivity index (χ1v) is 8.90. The van der Waals surface area contributed by atoms with Gasteiger partial charge in [-0.3, -0.25) is 4.79 Å². The summed E-state index contributed by atoms with van der Waals surface area (Å²) in [5.41, 5.74) is 1.20. The van der Waals surface area contributed by atoms with Gasteiger partial charge in [0.1, 0.15) is 17.4 Å². The Morgan fingerprint density at radius 1 is 1.24 bits per heavy atom. The van der Waals surface area contributed by atoms with E-state index in [1.165, 1.54) is 5.56 Å². The van der Waals surface area contributed by atoms with Crippen LogP contribution in [0.15, 0.2) is 24.3 Å². The molecule has 6 nitrogen and oxygen atoms in total. The highest BCUT2D eigenvalue weighted by molar-refractivity contribution is 5.76. The summed E-state index contributed by atoms with van der Waals surface area (Å²) < 4.78 is 7.65. The van der Waals surface area contributed by atoms with Gasteiger partial charge in [0, 0.05) is 13.1 Å².